The van der Waals surface area contributed by atoms with Crippen LogP contribution in [0.15, 0.2) is 176 Å². The van der Waals surface area contributed by atoms with Crippen molar-refractivity contribution in [3.63, 3.8) is 0 Å². The van der Waals surface area contributed by atoms with Crippen LogP contribution in [0.3, 0.4) is 0 Å². The summed E-state index contributed by atoms with van der Waals surface area (Å²) >= 11 is 2.56. The van der Waals surface area contributed by atoms with Gasteiger partial charge in [0.25, 0.3) is 0 Å². The first-order chi connectivity index (χ1) is 36.6. The summed E-state index contributed by atoms with van der Waals surface area (Å²) < 4.78 is 15.0. The fourth-order valence-corrected chi connectivity index (χ4v) is 13.9. The smallest absolute Gasteiger partial charge is 0.0581 e. The SMILES string of the molecule is Cc1cc(-n2c3[c-]c(Oc4[c-]c(-n5[c](=[Pt])n(-c6c(-c7ccccc7)c7c8c(c6-c6ccccc6)CCCN8CCC7)c6ccccc65)ccc4)ccc3c3ccccc32)ncc1-c1ccc(C2CCCCC2)cc1. The summed E-state index contributed by atoms with van der Waals surface area (Å²) in [5.41, 5.74) is 20.9. The van der Waals surface area contributed by atoms with Crippen molar-refractivity contribution < 1.29 is 24.1 Å². The van der Waals surface area contributed by atoms with Crippen molar-refractivity contribution in [1.82, 2.24) is 18.7 Å². The van der Waals surface area contributed by atoms with E-state index < -0.39 is 0 Å². The van der Waals surface area contributed by atoms with Crippen molar-refractivity contribution in [3.8, 4) is 62.1 Å². The molecule has 0 saturated heterocycles. The molecule has 0 bridgehead atoms. The third kappa shape index (κ3) is 7.63. The van der Waals surface area contributed by atoms with Crippen LogP contribution >= 0.6 is 0 Å². The molecule has 3 aromatic heterocycles. The zero-order valence-corrected chi connectivity index (χ0v) is 43.8. The molecule has 8 aromatic carbocycles. The Labute approximate surface area is 443 Å². The van der Waals surface area contributed by atoms with Gasteiger partial charge in [-0.1, -0.05) is 55.7 Å². The Balaban J connectivity index is 0.871. The molecule has 74 heavy (non-hydrogen) atoms. The molecule has 0 amide bonds. The molecule has 1 fully saturated rings. The number of rotatable bonds is 9. The molecule has 14 rings (SSSR count). The number of pyridine rings is 1. The number of para-hydroxylation sites is 3. The summed E-state index contributed by atoms with van der Waals surface area (Å²) in [5, 5.41) is 2.24. The van der Waals surface area contributed by atoms with Gasteiger partial charge in [-0.2, -0.15) is 0 Å². The van der Waals surface area contributed by atoms with E-state index in [4.69, 9.17) is 9.72 Å². The van der Waals surface area contributed by atoms with Crippen LogP contribution in [0.1, 0.15) is 73.1 Å². The number of benzene rings is 8. The van der Waals surface area contributed by atoms with Crippen LogP contribution in [-0.4, -0.2) is 31.8 Å². The molecule has 1 aliphatic carbocycles. The van der Waals surface area contributed by atoms with Gasteiger partial charge in [0, 0.05) is 11.8 Å². The Kier molecular flexibility index (Phi) is 11.4. The van der Waals surface area contributed by atoms with Crippen LogP contribution in [0.4, 0.5) is 5.69 Å². The van der Waals surface area contributed by atoms with E-state index in [0.29, 0.717) is 17.4 Å². The molecule has 0 N–H and O–H groups in total. The number of nitrogens with zero attached hydrogens (tertiary/aromatic N) is 5. The molecule has 366 valence electrons. The molecule has 1 saturated carbocycles. The summed E-state index contributed by atoms with van der Waals surface area (Å²) in [7, 11) is 0. The van der Waals surface area contributed by atoms with Gasteiger partial charge in [-0.3, -0.25) is 0 Å². The maximum absolute atomic E-state index is 6.82. The van der Waals surface area contributed by atoms with E-state index in [9.17, 15) is 0 Å². The molecular formula is C67H55N5OPt-2. The van der Waals surface area contributed by atoms with Crippen molar-refractivity contribution in [2.24, 2.45) is 0 Å². The van der Waals surface area contributed by atoms with E-state index in [0.717, 1.165) is 92.5 Å². The van der Waals surface area contributed by atoms with Crippen molar-refractivity contribution in [2.45, 2.75) is 70.6 Å². The Morgan fingerprint density at radius 3 is 1.86 bits per heavy atom. The summed E-state index contributed by atoms with van der Waals surface area (Å²) in [4.78, 5) is 7.84. The van der Waals surface area contributed by atoms with Gasteiger partial charge in [0.15, 0.2) is 0 Å². The number of fused-ring (bicyclic) bond motifs is 4. The second kappa shape index (κ2) is 18.7. The second-order valence-corrected chi connectivity index (χ2v) is 21.5. The van der Waals surface area contributed by atoms with Crippen molar-refractivity contribution >= 4 is 38.5 Å². The number of aryl methyl sites for hydroxylation is 1. The van der Waals surface area contributed by atoms with E-state index >= 15 is 0 Å². The number of imidazole rings is 1. The fraction of sp³-hybridized carbons (Fsp3) is 0.194. The standard InChI is InChI=1S/C67H55N5O.Pt/c1-45-40-63(68-43-58(45)48-34-32-47(33-35-48)46-18-5-2-6-19-46)72-59-29-12-11-26-54(59)55-37-36-53(42-62(55)72)73-52-25-15-24-51(41-52)70-44-71(61-31-14-13-30-60(61)70)67-64(49-20-7-3-8-21-49)56-27-16-38-69-39-17-28-57(66(56)69)65(67)50-22-9-4-10-23-50;/h3-4,7-15,20-26,29-37,40,43,46H,2,5-6,16-19,27-28,38-39H2,1H3;/q-2;. The normalized spacial score (nSPS) is 14.8. The number of anilines is 1. The first-order valence-corrected chi connectivity index (χ1v) is 27.7. The summed E-state index contributed by atoms with van der Waals surface area (Å²) in [5.74, 6) is 2.76. The monoisotopic (exact) mass is 1140 g/mol. The predicted octanol–water partition coefficient (Wildman–Crippen LogP) is 16.4. The molecule has 5 heterocycles. The van der Waals surface area contributed by atoms with Crippen LogP contribution in [0.5, 0.6) is 11.5 Å². The Bertz CT molecular complexity index is 3940. The number of hydrogen-bond acceptors (Lipinski definition) is 3. The quantitative estimate of drug-likeness (QED) is 0.135. The van der Waals surface area contributed by atoms with Gasteiger partial charge in [-0.05, 0) is 42.4 Å². The van der Waals surface area contributed by atoms with Gasteiger partial charge < -0.3 is 0 Å². The maximum atomic E-state index is 6.82. The van der Waals surface area contributed by atoms with E-state index in [1.165, 1.54) is 93.5 Å². The van der Waals surface area contributed by atoms with Gasteiger partial charge >= 0.3 is 336 Å². The minimum atomic E-state index is 0.612. The molecule has 0 unspecified atom stereocenters. The van der Waals surface area contributed by atoms with Gasteiger partial charge in [-0.15, -0.1) is 0 Å². The summed E-state index contributed by atoms with van der Waals surface area (Å²) in [6.07, 6.45) is 13.1. The molecule has 2 aliphatic heterocycles. The molecule has 11 aromatic rings. The first kappa shape index (κ1) is 45.1. The van der Waals surface area contributed by atoms with E-state index in [2.05, 4.69) is 215 Å². The topological polar surface area (TPSA) is 40.1 Å². The van der Waals surface area contributed by atoms with Gasteiger partial charge in [0.05, 0.1) is 0 Å². The van der Waals surface area contributed by atoms with E-state index in [-0.39, 0.29) is 0 Å². The molecule has 3 aliphatic rings. The van der Waals surface area contributed by atoms with Crippen molar-refractivity contribution in [1.29, 1.82) is 0 Å². The number of hydrogen-bond donors (Lipinski definition) is 0. The van der Waals surface area contributed by atoms with Crippen LogP contribution < -0.4 is 9.64 Å². The number of aromatic nitrogens is 4. The van der Waals surface area contributed by atoms with Crippen LogP contribution in [-0.2, 0) is 32.2 Å². The predicted molar refractivity (Wildman–Crippen MR) is 298 cm³/mol. The molecule has 0 radical (unpaired) electrons. The van der Waals surface area contributed by atoms with Crippen LogP contribution in [0.25, 0.3) is 83.4 Å². The van der Waals surface area contributed by atoms with Crippen molar-refractivity contribution in [2.75, 3.05) is 18.0 Å². The van der Waals surface area contributed by atoms with Crippen LogP contribution in [0, 0.1) is 22.9 Å². The summed E-state index contributed by atoms with van der Waals surface area (Å²) in [6, 6.07) is 68.9. The van der Waals surface area contributed by atoms with E-state index in [1.54, 1.807) is 0 Å². The minimum Gasteiger partial charge on any atom is -0.0581 e. The van der Waals surface area contributed by atoms with Crippen molar-refractivity contribution in [3.05, 3.63) is 214 Å². The average Bonchev–Trinajstić information content (AvgIpc) is 4.00. The van der Waals surface area contributed by atoms with Gasteiger partial charge in [0.2, 0.25) is 0 Å². The second-order valence-electron chi connectivity index (χ2n) is 20.5. The fourth-order valence-electron chi connectivity index (χ4n) is 12.8. The molecule has 0 spiro atoms. The zero-order chi connectivity index (χ0) is 49.3. The van der Waals surface area contributed by atoms with Gasteiger partial charge in [-0.25, -0.2) is 0 Å². The Morgan fingerprint density at radius 1 is 0.541 bits per heavy atom. The first-order valence-electron chi connectivity index (χ1n) is 26.5. The molecule has 6 nitrogen and oxygen atoms in total. The Hall–Kier alpha value is -7.53. The minimum absolute atomic E-state index is 0.612. The molecule has 0 atom stereocenters. The van der Waals surface area contributed by atoms with E-state index in [1.807, 2.05) is 18.3 Å². The average molecular weight is 1140 g/mol. The van der Waals surface area contributed by atoms with Crippen LogP contribution in [0.2, 0.25) is 0 Å². The third-order valence-corrected chi connectivity index (χ3v) is 17.1. The zero-order valence-electron chi connectivity index (χ0n) is 41.6. The van der Waals surface area contributed by atoms with Gasteiger partial charge in [0.1, 0.15) is 0 Å². The molecule has 7 heteroatoms. The Morgan fingerprint density at radius 2 is 1.18 bits per heavy atom. The number of ether oxygens (including phenoxy) is 1. The molecular weight excluding hydrogens is 1090 g/mol. The summed E-state index contributed by atoms with van der Waals surface area (Å²) in [6.45, 7) is 4.41. The third-order valence-electron chi connectivity index (χ3n) is 16.1.